The van der Waals surface area contributed by atoms with Crippen LogP contribution in [-0.2, 0) is 24.1 Å². The maximum Gasteiger partial charge on any atom is 0.416 e. The van der Waals surface area contributed by atoms with E-state index >= 15 is 0 Å². The number of carbonyl (C=O) groups is 2. The number of likely N-dealkylation sites (tertiary alicyclic amines) is 1. The normalized spacial score (nSPS) is 13.9. The smallest absolute Gasteiger partial charge is 0.416 e. The summed E-state index contributed by atoms with van der Waals surface area (Å²) >= 11 is 0. The standard InChI is InChI=1S/C37H36F3N3O3/c38-37(39,40)32-6-4-5-27(23-32)13-18-35(44)43-21-19-30(20-22-43)25-41-24-28-9-14-31(15-10-28)36(45)42-26-29-11-16-34(17-12-29)46-33-7-2-1-3-8-33/h1-18,23,30,41H,19-22,24-26H2,(H,42,45)/b18-13+. The maximum absolute atomic E-state index is 12.9. The van der Waals surface area contributed by atoms with E-state index in [1.807, 2.05) is 78.9 Å². The Bertz CT molecular complexity index is 1610. The molecular weight excluding hydrogens is 591 g/mol. The van der Waals surface area contributed by atoms with E-state index in [1.54, 1.807) is 11.0 Å². The largest absolute Gasteiger partial charge is 0.457 e. The first-order chi connectivity index (χ1) is 22.2. The molecule has 9 heteroatoms. The summed E-state index contributed by atoms with van der Waals surface area (Å²) in [6.45, 7) is 3.09. The van der Waals surface area contributed by atoms with Crippen LogP contribution in [-0.4, -0.2) is 36.3 Å². The third-order valence-corrected chi connectivity index (χ3v) is 7.89. The van der Waals surface area contributed by atoms with Gasteiger partial charge in [-0.25, -0.2) is 0 Å². The van der Waals surface area contributed by atoms with Gasteiger partial charge in [-0.1, -0.05) is 54.6 Å². The summed E-state index contributed by atoms with van der Waals surface area (Å²) in [6, 6.07) is 29.6. The highest BCUT2D eigenvalue weighted by Crippen LogP contribution is 2.30. The number of nitrogens with zero attached hydrogens (tertiary/aromatic N) is 1. The number of rotatable bonds is 11. The molecule has 0 radical (unpaired) electrons. The Hall–Kier alpha value is -4.89. The zero-order chi connectivity index (χ0) is 32.4. The SMILES string of the molecule is O=C(NCc1ccc(Oc2ccccc2)cc1)c1ccc(CNCC2CCN(C(=O)/C=C/c3cccc(C(F)(F)F)c3)CC2)cc1. The number of carbonyl (C=O) groups excluding carboxylic acids is 2. The van der Waals surface area contributed by atoms with Gasteiger partial charge in [0.05, 0.1) is 5.56 Å². The van der Waals surface area contributed by atoms with Crippen LogP contribution in [0, 0.1) is 5.92 Å². The van der Waals surface area contributed by atoms with Gasteiger partial charge in [-0.05, 0) is 96.6 Å². The lowest BCUT2D eigenvalue weighted by molar-refractivity contribution is -0.137. The molecule has 2 N–H and O–H groups in total. The number of para-hydroxylation sites is 1. The minimum absolute atomic E-state index is 0.143. The molecule has 0 atom stereocenters. The lowest BCUT2D eigenvalue weighted by atomic mass is 9.96. The highest BCUT2D eigenvalue weighted by atomic mass is 19.4. The predicted octanol–water partition coefficient (Wildman–Crippen LogP) is 7.47. The second kappa shape index (κ2) is 15.4. The zero-order valence-electron chi connectivity index (χ0n) is 25.3. The van der Waals surface area contributed by atoms with Crippen molar-refractivity contribution in [1.29, 1.82) is 0 Å². The van der Waals surface area contributed by atoms with Gasteiger partial charge < -0.3 is 20.3 Å². The van der Waals surface area contributed by atoms with Crippen molar-refractivity contribution in [2.75, 3.05) is 19.6 Å². The fourth-order valence-electron chi connectivity index (χ4n) is 5.23. The molecule has 1 saturated heterocycles. The Morgan fingerprint density at radius 1 is 0.804 bits per heavy atom. The van der Waals surface area contributed by atoms with Crippen LogP contribution in [0.5, 0.6) is 11.5 Å². The number of benzene rings is 4. The third-order valence-electron chi connectivity index (χ3n) is 7.89. The summed E-state index contributed by atoms with van der Waals surface area (Å²) in [5.74, 6) is 1.58. The number of alkyl halides is 3. The predicted molar refractivity (Wildman–Crippen MR) is 172 cm³/mol. The number of ether oxygens (including phenoxy) is 1. The minimum Gasteiger partial charge on any atom is -0.457 e. The van der Waals surface area contributed by atoms with Crippen LogP contribution >= 0.6 is 0 Å². The van der Waals surface area contributed by atoms with Crippen molar-refractivity contribution in [3.05, 3.63) is 137 Å². The van der Waals surface area contributed by atoms with Gasteiger partial charge in [0, 0.05) is 37.8 Å². The van der Waals surface area contributed by atoms with E-state index in [4.69, 9.17) is 4.74 Å². The topological polar surface area (TPSA) is 70.7 Å². The molecule has 0 saturated carbocycles. The number of nitrogens with one attached hydrogen (secondary N) is 2. The molecule has 0 unspecified atom stereocenters. The molecular formula is C37H36F3N3O3. The van der Waals surface area contributed by atoms with E-state index < -0.39 is 11.7 Å². The monoisotopic (exact) mass is 627 g/mol. The number of hydrogen-bond donors (Lipinski definition) is 2. The summed E-state index contributed by atoms with van der Waals surface area (Å²) in [6.07, 6.45) is 0.0495. The first kappa shape index (κ1) is 32.5. The van der Waals surface area contributed by atoms with E-state index in [2.05, 4.69) is 10.6 Å². The Morgan fingerprint density at radius 3 is 2.15 bits per heavy atom. The van der Waals surface area contributed by atoms with Crippen molar-refractivity contribution in [1.82, 2.24) is 15.5 Å². The molecule has 6 nitrogen and oxygen atoms in total. The van der Waals surface area contributed by atoms with E-state index in [1.165, 1.54) is 18.2 Å². The van der Waals surface area contributed by atoms with Gasteiger partial charge in [0.15, 0.2) is 0 Å². The summed E-state index contributed by atoms with van der Waals surface area (Å²) in [4.78, 5) is 27.0. The van der Waals surface area contributed by atoms with Crippen LogP contribution < -0.4 is 15.4 Å². The van der Waals surface area contributed by atoms with Gasteiger partial charge in [0.25, 0.3) is 5.91 Å². The van der Waals surface area contributed by atoms with E-state index in [-0.39, 0.29) is 11.8 Å². The fourth-order valence-corrected chi connectivity index (χ4v) is 5.23. The lowest BCUT2D eigenvalue weighted by Gasteiger charge is -2.31. The summed E-state index contributed by atoms with van der Waals surface area (Å²) in [5, 5.41) is 6.43. The maximum atomic E-state index is 12.9. The molecule has 46 heavy (non-hydrogen) atoms. The molecule has 0 aromatic heterocycles. The molecule has 1 aliphatic heterocycles. The van der Waals surface area contributed by atoms with Crippen LogP contribution in [0.15, 0.2) is 109 Å². The van der Waals surface area contributed by atoms with Crippen molar-refractivity contribution < 1.29 is 27.5 Å². The van der Waals surface area contributed by atoms with Gasteiger partial charge in [-0.2, -0.15) is 13.2 Å². The van der Waals surface area contributed by atoms with E-state index in [0.717, 1.165) is 54.1 Å². The van der Waals surface area contributed by atoms with Gasteiger partial charge in [-0.15, -0.1) is 0 Å². The highest BCUT2D eigenvalue weighted by Gasteiger charge is 2.30. The molecule has 4 aromatic rings. The summed E-state index contributed by atoms with van der Waals surface area (Å²) < 4.78 is 44.6. The zero-order valence-corrected chi connectivity index (χ0v) is 25.3. The Kier molecular flexibility index (Phi) is 10.9. The van der Waals surface area contributed by atoms with Crippen LogP contribution in [0.2, 0.25) is 0 Å². The lowest BCUT2D eigenvalue weighted by Crippen LogP contribution is -2.40. The minimum atomic E-state index is -4.42. The van der Waals surface area contributed by atoms with Crippen molar-refractivity contribution in [2.45, 2.75) is 32.1 Å². The number of hydrogen-bond acceptors (Lipinski definition) is 4. The Labute approximate surface area is 266 Å². The van der Waals surface area contributed by atoms with Gasteiger partial charge in [0.1, 0.15) is 11.5 Å². The second-order valence-corrected chi connectivity index (χ2v) is 11.3. The van der Waals surface area contributed by atoms with Gasteiger partial charge in [0.2, 0.25) is 5.91 Å². The summed E-state index contributed by atoms with van der Waals surface area (Å²) in [5.41, 5.74) is 2.23. The molecule has 238 valence electrons. The van der Waals surface area contributed by atoms with Gasteiger partial charge in [-0.3, -0.25) is 9.59 Å². The van der Waals surface area contributed by atoms with Crippen LogP contribution in [0.3, 0.4) is 0 Å². The van der Waals surface area contributed by atoms with Gasteiger partial charge >= 0.3 is 6.18 Å². The van der Waals surface area contributed by atoms with Crippen LogP contribution in [0.4, 0.5) is 13.2 Å². The number of piperidine rings is 1. The molecule has 0 bridgehead atoms. The average molecular weight is 628 g/mol. The van der Waals surface area contributed by atoms with Crippen molar-refractivity contribution in [3.8, 4) is 11.5 Å². The molecule has 0 aliphatic carbocycles. The van der Waals surface area contributed by atoms with E-state index in [0.29, 0.717) is 43.2 Å². The number of amides is 2. The van der Waals surface area contributed by atoms with Crippen molar-refractivity contribution >= 4 is 17.9 Å². The molecule has 1 fully saturated rings. The molecule has 1 heterocycles. The highest BCUT2D eigenvalue weighted by molar-refractivity contribution is 5.94. The molecule has 0 spiro atoms. The van der Waals surface area contributed by atoms with Crippen molar-refractivity contribution in [3.63, 3.8) is 0 Å². The van der Waals surface area contributed by atoms with Crippen molar-refractivity contribution in [2.24, 2.45) is 5.92 Å². The van der Waals surface area contributed by atoms with Crippen LogP contribution in [0.25, 0.3) is 6.08 Å². The quantitative estimate of drug-likeness (QED) is 0.169. The first-order valence-corrected chi connectivity index (χ1v) is 15.3. The molecule has 5 rings (SSSR count). The Morgan fingerprint density at radius 2 is 1.46 bits per heavy atom. The number of halogens is 3. The molecule has 1 aliphatic rings. The Balaban J connectivity index is 0.988. The molecule has 4 aromatic carbocycles. The third kappa shape index (κ3) is 9.55. The van der Waals surface area contributed by atoms with E-state index in [9.17, 15) is 22.8 Å². The average Bonchev–Trinajstić information content (AvgIpc) is 3.07. The fraction of sp³-hybridized carbons (Fsp3) is 0.243. The summed E-state index contributed by atoms with van der Waals surface area (Å²) in [7, 11) is 0. The second-order valence-electron chi connectivity index (χ2n) is 11.3. The first-order valence-electron chi connectivity index (χ1n) is 15.3. The van der Waals surface area contributed by atoms with Crippen LogP contribution in [0.1, 0.15) is 45.5 Å². The molecule has 2 amide bonds.